The van der Waals surface area contributed by atoms with Crippen molar-refractivity contribution in [3.63, 3.8) is 0 Å². The summed E-state index contributed by atoms with van der Waals surface area (Å²) in [6, 6.07) is 10.9. The first-order valence-corrected chi connectivity index (χ1v) is 13.6. The molecule has 2 heterocycles. The van der Waals surface area contributed by atoms with E-state index in [0.717, 1.165) is 61.0 Å². The quantitative estimate of drug-likeness (QED) is 0.341. The van der Waals surface area contributed by atoms with Gasteiger partial charge in [-0.3, -0.25) is 14.5 Å². The minimum atomic E-state index is -0.986. The number of carboxylic acids is 1. The third kappa shape index (κ3) is 5.66. The molecule has 0 radical (unpaired) electrons. The van der Waals surface area contributed by atoms with Crippen LogP contribution in [0, 0.1) is 17.0 Å². The van der Waals surface area contributed by atoms with E-state index < -0.39 is 17.0 Å². The van der Waals surface area contributed by atoms with Gasteiger partial charge < -0.3 is 9.84 Å². The number of hydrogen-bond donors (Lipinski definition) is 1. The fourth-order valence-corrected chi connectivity index (χ4v) is 6.14. The number of carbonyl (C=O) groups is 2. The normalized spacial score (nSPS) is 16.5. The van der Waals surface area contributed by atoms with Crippen molar-refractivity contribution in [3.8, 4) is 28.3 Å². The maximum Gasteiger partial charge on any atom is 0.304 e. The standard InChI is InChI=1S/C28H30FN3O4S/c1-36-23-13-10-18(16-30-23)21-8-4-5-9-22(21)25-26(29)37-28(31-25)32(20-11-12-20)27(35)19(15-24(33)34)14-17-6-2-3-7-17/h4-5,8-10,13,16-17,19-20H,2-3,6-7,11-12,14-15H2,1H3,(H,33,34)/t19-/m1/s1. The lowest BCUT2D eigenvalue weighted by Gasteiger charge is -2.26. The number of pyridine rings is 1. The summed E-state index contributed by atoms with van der Waals surface area (Å²) in [6.45, 7) is 0. The van der Waals surface area contributed by atoms with Gasteiger partial charge in [0.05, 0.1) is 13.5 Å². The van der Waals surface area contributed by atoms with Crippen molar-refractivity contribution in [2.45, 2.75) is 57.4 Å². The van der Waals surface area contributed by atoms with E-state index in [2.05, 4.69) is 9.97 Å². The third-order valence-corrected chi connectivity index (χ3v) is 8.07. The van der Waals surface area contributed by atoms with Gasteiger partial charge in [-0.2, -0.15) is 4.39 Å². The van der Waals surface area contributed by atoms with Crippen molar-refractivity contribution in [1.82, 2.24) is 9.97 Å². The molecule has 0 bridgehead atoms. The van der Waals surface area contributed by atoms with Gasteiger partial charge in [0.2, 0.25) is 16.9 Å². The summed E-state index contributed by atoms with van der Waals surface area (Å²) in [6.07, 6.45) is 7.92. The second kappa shape index (κ2) is 11.0. The van der Waals surface area contributed by atoms with Crippen LogP contribution in [-0.2, 0) is 9.59 Å². The van der Waals surface area contributed by atoms with Gasteiger partial charge in [-0.1, -0.05) is 61.3 Å². The molecule has 1 atom stereocenters. The highest BCUT2D eigenvalue weighted by molar-refractivity contribution is 7.14. The van der Waals surface area contributed by atoms with Crippen LogP contribution in [-0.4, -0.2) is 40.1 Å². The molecule has 37 heavy (non-hydrogen) atoms. The fraction of sp³-hybridized carbons (Fsp3) is 0.429. The molecule has 2 aliphatic rings. The number of amides is 1. The Labute approximate surface area is 219 Å². The largest absolute Gasteiger partial charge is 0.481 e. The van der Waals surface area contributed by atoms with E-state index in [4.69, 9.17) is 4.74 Å². The summed E-state index contributed by atoms with van der Waals surface area (Å²) in [5.41, 5.74) is 2.34. The fourth-order valence-electron chi connectivity index (χ4n) is 5.25. The van der Waals surface area contributed by atoms with Crippen molar-refractivity contribution >= 4 is 28.3 Å². The molecule has 0 unspecified atom stereocenters. The number of benzene rings is 1. The van der Waals surface area contributed by atoms with Crippen molar-refractivity contribution in [2.75, 3.05) is 12.0 Å². The molecule has 194 valence electrons. The van der Waals surface area contributed by atoms with Crippen LogP contribution in [0.25, 0.3) is 22.4 Å². The SMILES string of the molecule is COc1ccc(-c2ccccc2-c2nc(N(C(=O)[C@@H](CC(=O)O)CC3CCCC3)C3CC3)sc2F)cn1. The molecule has 2 aliphatic carbocycles. The molecule has 7 nitrogen and oxygen atoms in total. The van der Waals surface area contributed by atoms with Crippen molar-refractivity contribution in [3.05, 3.63) is 47.7 Å². The predicted octanol–water partition coefficient (Wildman–Crippen LogP) is 6.19. The summed E-state index contributed by atoms with van der Waals surface area (Å²) in [7, 11) is 1.55. The Balaban J connectivity index is 1.47. The van der Waals surface area contributed by atoms with Gasteiger partial charge in [-0.05, 0) is 36.8 Å². The Morgan fingerprint density at radius 3 is 2.49 bits per heavy atom. The molecule has 2 aromatic heterocycles. The van der Waals surface area contributed by atoms with E-state index >= 15 is 4.39 Å². The first-order chi connectivity index (χ1) is 17.9. The Hall–Kier alpha value is -3.33. The molecule has 1 N–H and O–H groups in total. The maximum absolute atomic E-state index is 15.4. The first-order valence-electron chi connectivity index (χ1n) is 12.8. The number of carbonyl (C=O) groups excluding carboxylic acids is 1. The highest BCUT2D eigenvalue weighted by Gasteiger charge is 2.40. The molecule has 3 aromatic rings. The average Bonchev–Trinajstić information content (AvgIpc) is 3.45. The second-order valence-corrected chi connectivity index (χ2v) is 10.8. The molecule has 0 aliphatic heterocycles. The zero-order chi connectivity index (χ0) is 25.9. The number of anilines is 1. The number of thiazole rings is 1. The Bertz CT molecular complexity index is 1270. The number of hydrogen-bond acceptors (Lipinski definition) is 6. The molecular formula is C28H30FN3O4S. The van der Waals surface area contributed by atoms with Gasteiger partial charge in [0.1, 0.15) is 5.69 Å². The lowest BCUT2D eigenvalue weighted by atomic mass is 9.90. The molecule has 0 saturated heterocycles. The van der Waals surface area contributed by atoms with E-state index in [0.29, 0.717) is 28.9 Å². The van der Waals surface area contributed by atoms with Crippen molar-refractivity contribution < 1.29 is 23.8 Å². The van der Waals surface area contributed by atoms with Crippen LogP contribution in [0.3, 0.4) is 0 Å². The van der Waals surface area contributed by atoms with Crippen molar-refractivity contribution in [2.24, 2.45) is 11.8 Å². The van der Waals surface area contributed by atoms with E-state index in [1.165, 1.54) is 0 Å². The highest BCUT2D eigenvalue weighted by Crippen LogP contribution is 2.42. The Morgan fingerprint density at radius 1 is 1.14 bits per heavy atom. The van der Waals surface area contributed by atoms with Gasteiger partial charge >= 0.3 is 5.97 Å². The third-order valence-electron chi connectivity index (χ3n) is 7.23. The average molecular weight is 524 g/mol. The topological polar surface area (TPSA) is 92.6 Å². The molecular weight excluding hydrogens is 493 g/mol. The van der Waals surface area contributed by atoms with Crippen LogP contribution in [0.1, 0.15) is 51.4 Å². The number of nitrogens with zero attached hydrogens (tertiary/aromatic N) is 3. The minimum Gasteiger partial charge on any atom is -0.481 e. The molecule has 9 heteroatoms. The molecule has 5 rings (SSSR count). The number of rotatable bonds is 10. The number of aromatic nitrogens is 2. The van der Waals surface area contributed by atoms with E-state index in [9.17, 15) is 14.7 Å². The van der Waals surface area contributed by atoms with E-state index in [-0.39, 0.29) is 24.1 Å². The summed E-state index contributed by atoms with van der Waals surface area (Å²) < 4.78 is 20.6. The molecule has 1 aromatic carbocycles. The molecule has 2 saturated carbocycles. The van der Waals surface area contributed by atoms with E-state index in [1.807, 2.05) is 24.3 Å². The minimum absolute atomic E-state index is 0.0631. The van der Waals surface area contributed by atoms with Gasteiger partial charge in [-0.25, -0.2) is 9.97 Å². The zero-order valence-electron chi connectivity index (χ0n) is 20.7. The summed E-state index contributed by atoms with van der Waals surface area (Å²) in [4.78, 5) is 35.9. The van der Waals surface area contributed by atoms with Gasteiger partial charge in [0.15, 0.2) is 5.13 Å². The summed E-state index contributed by atoms with van der Waals surface area (Å²) >= 11 is 0.847. The lowest BCUT2D eigenvalue weighted by molar-refractivity contribution is -0.141. The van der Waals surface area contributed by atoms with Gasteiger partial charge in [0.25, 0.3) is 0 Å². The Kier molecular flexibility index (Phi) is 7.50. The van der Waals surface area contributed by atoms with Crippen LogP contribution in [0.5, 0.6) is 5.88 Å². The molecule has 1 amide bonds. The number of halogens is 1. The van der Waals surface area contributed by atoms with Crippen LogP contribution < -0.4 is 9.64 Å². The molecule has 0 spiro atoms. The van der Waals surface area contributed by atoms with Gasteiger partial charge in [0, 0.05) is 35.3 Å². The predicted molar refractivity (Wildman–Crippen MR) is 140 cm³/mol. The van der Waals surface area contributed by atoms with Crippen LogP contribution in [0.2, 0.25) is 0 Å². The van der Waals surface area contributed by atoms with Crippen LogP contribution >= 0.6 is 11.3 Å². The maximum atomic E-state index is 15.4. The number of methoxy groups -OCH3 is 1. The van der Waals surface area contributed by atoms with Gasteiger partial charge in [-0.15, -0.1) is 0 Å². The summed E-state index contributed by atoms with van der Waals surface area (Å²) in [5, 5.41) is 9.34. The molecule has 2 fully saturated rings. The lowest BCUT2D eigenvalue weighted by Crippen LogP contribution is -2.39. The number of carboxylic acid groups (broad SMARTS) is 1. The second-order valence-electron chi connectivity index (χ2n) is 9.87. The number of aliphatic carboxylic acids is 1. The number of ether oxygens (including phenoxy) is 1. The highest BCUT2D eigenvalue weighted by atomic mass is 32.1. The zero-order valence-corrected chi connectivity index (χ0v) is 21.5. The van der Waals surface area contributed by atoms with Crippen LogP contribution in [0.4, 0.5) is 9.52 Å². The smallest absolute Gasteiger partial charge is 0.304 e. The summed E-state index contributed by atoms with van der Waals surface area (Å²) in [5.74, 6) is -1.02. The van der Waals surface area contributed by atoms with E-state index in [1.54, 1.807) is 30.3 Å². The first kappa shape index (κ1) is 25.3. The Morgan fingerprint density at radius 2 is 1.86 bits per heavy atom. The van der Waals surface area contributed by atoms with Crippen molar-refractivity contribution in [1.29, 1.82) is 0 Å². The monoisotopic (exact) mass is 523 g/mol. The van der Waals surface area contributed by atoms with Crippen LogP contribution in [0.15, 0.2) is 42.6 Å².